The van der Waals surface area contributed by atoms with E-state index in [1.54, 1.807) is 0 Å². The van der Waals surface area contributed by atoms with E-state index < -0.39 is 0 Å². The fourth-order valence-electron chi connectivity index (χ4n) is 2.18. The summed E-state index contributed by atoms with van der Waals surface area (Å²) < 4.78 is 0. The van der Waals surface area contributed by atoms with Crippen LogP contribution >= 0.6 is 0 Å². The summed E-state index contributed by atoms with van der Waals surface area (Å²) in [5, 5.41) is 18.1. The van der Waals surface area contributed by atoms with Crippen molar-refractivity contribution in [2.24, 2.45) is 0 Å². The van der Waals surface area contributed by atoms with Crippen molar-refractivity contribution >= 4 is 17.8 Å². The van der Waals surface area contributed by atoms with Gasteiger partial charge in [-0.15, -0.1) is 0 Å². The minimum absolute atomic E-state index is 0.0715. The minimum Gasteiger partial charge on any atom is -0.395 e. The van der Waals surface area contributed by atoms with Crippen molar-refractivity contribution in [2.45, 2.75) is 6.92 Å². The molecule has 4 nitrogen and oxygen atoms in total. The highest BCUT2D eigenvalue weighted by Crippen LogP contribution is 2.16. The molecule has 2 aromatic rings. The predicted octanol–water partition coefficient (Wildman–Crippen LogP) is 2.35. The van der Waals surface area contributed by atoms with Gasteiger partial charge in [0.1, 0.15) is 0 Å². The van der Waals surface area contributed by atoms with E-state index in [0.717, 1.165) is 22.5 Å². The topological polar surface area (TPSA) is 56.6 Å². The van der Waals surface area contributed by atoms with Crippen molar-refractivity contribution in [2.75, 3.05) is 31.2 Å². The van der Waals surface area contributed by atoms with Crippen molar-refractivity contribution in [3.63, 3.8) is 0 Å². The van der Waals surface area contributed by atoms with Crippen LogP contribution in [0.4, 0.5) is 5.69 Å². The highest BCUT2D eigenvalue weighted by atomic mass is 16.3. The summed E-state index contributed by atoms with van der Waals surface area (Å²) in [6, 6.07) is 12.1. The summed E-state index contributed by atoms with van der Waals surface area (Å²) in [7, 11) is 0. The molecule has 0 saturated carbocycles. The van der Waals surface area contributed by atoms with Crippen LogP contribution in [0.25, 0.3) is 12.2 Å². The highest BCUT2D eigenvalue weighted by molar-refractivity contribution is 5.70. The van der Waals surface area contributed by atoms with Crippen LogP contribution in [0.15, 0.2) is 42.6 Å². The third-order valence-corrected chi connectivity index (χ3v) is 3.40. The lowest BCUT2D eigenvalue weighted by molar-refractivity contribution is 0.281. The second-order valence-corrected chi connectivity index (χ2v) is 5.09. The molecule has 22 heavy (non-hydrogen) atoms. The Morgan fingerprint density at radius 1 is 0.909 bits per heavy atom. The number of aryl methyl sites for hydroxylation is 1. The Balaban J connectivity index is 2.06. The first-order valence-corrected chi connectivity index (χ1v) is 7.40. The lowest BCUT2D eigenvalue weighted by atomic mass is 10.1. The van der Waals surface area contributed by atoms with Crippen molar-refractivity contribution in [1.82, 2.24) is 4.98 Å². The van der Waals surface area contributed by atoms with Crippen molar-refractivity contribution in [3.8, 4) is 0 Å². The summed E-state index contributed by atoms with van der Waals surface area (Å²) in [6.07, 6.45) is 5.92. The van der Waals surface area contributed by atoms with Gasteiger partial charge in [0.25, 0.3) is 0 Å². The SMILES string of the molecule is Cc1ccc(/C=C/c2ccc(N(CCO)CCO)cc2)cn1. The minimum atomic E-state index is 0.0715. The largest absolute Gasteiger partial charge is 0.395 e. The number of aliphatic hydroxyl groups is 2. The van der Waals surface area contributed by atoms with Gasteiger partial charge in [0.05, 0.1) is 13.2 Å². The first-order valence-electron chi connectivity index (χ1n) is 7.40. The Kier molecular flexibility index (Phi) is 6.13. The molecule has 1 aromatic carbocycles. The molecule has 0 bridgehead atoms. The van der Waals surface area contributed by atoms with Crippen LogP contribution in [-0.4, -0.2) is 41.5 Å². The monoisotopic (exact) mass is 298 g/mol. The van der Waals surface area contributed by atoms with Gasteiger partial charge in [0.15, 0.2) is 0 Å². The van der Waals surface area contributed by atoms with Gasteiger partial charge >= 0.3 is 0 Å². The summed E-state index contributed by atoms with van der Waals surface area (Å²) in [4.78, 5) is 6.22. The maximum absolute atomic E-state index is 9.07. The third-order valence-electron chi connectivity index (χ3n) is 3.40. The predicted molar refractivity (Wildman–Crippen MR) is 90.7 cm³/mol. The van der Waals surface area contributed by atoms with Gasteiger partial charge in [-0.25, -0.2) is 0 Å². The quantitative estimate of drug-likeness (QED) is 0.824. The molecule has 0 aliphatic heterocycles. The standard InChI is InChI=1S/C18H22N2O2/c1-15-2-3-17(14-19-15)5-4-16-6-8-18(9-7-16)20(10-12-21)11-13-22/h2-9,14,21-22H,10-13H2,1H3/b5-4+. The molecule has 2 N–H and O–H groups in total. The second-order valence-electron chi connectivity index (χ2n) is 5.09. The maximum atomic E-state index is 9.07. The Labute approximate surface area is 131 Å². The first-order chi connectivity index (χ1) is 10.7. The summed E-state index contributed by atoms with van der Waals surface area (Å²) in [5.74, 6) is 0. The van der Waals surface area contributed by atoms with E-state index in [1.165, 1.54) is 0 Å². The molecule has 1 aromatic heterocycles. The van der Waals surface area contributed by atoms with E-state index in [2.05, 4.69) is 4.98 Å². The van der Waals surface area contributed by atoms with E-state index in [9.17, 15) is 0 Å². The zero-order valence-corrected chi connectivity index (χ0v) is 12.8. The summed E-state index contributed by atoms with van der Waals surface area (Å²) >= 11 is 0. The Bertz CT molecular complexity index is 585. The van der Waals surface area contributed by atoms with Crippen LogP contribution in [0.1, 0.15) is 16.8 Å². The number of hydrogen-bond acceptors (Lipinski definition) is 4. The fourth-order valence-corrected chi connectivity index (χ4v) is 2.18. The average molecular weight is 298 g/mol. The Hall–Kier alpha value is -2.17. The molecular weight excluding hydrogens is 276 g/mol. The van der Waals surface area contributed by atoms with Gasteiger partial charge in [-0.2, -0.15) is 0 Å². The number of pyridine rings is 1. The molecule has 0 atom stereocenters. The van der Waals surface area contributed by atoms with E-state index >= 15 is 0 Å². The molecule has 0 fully saturated rings. The number of benzene rings is 1. The molecule has 0 unspecified atom stereocenters. The van der Waals surface area contributed by atoms with Gasteiger partial charge in [-0.05, 0) is 36.2 Å². The van der Waals surface area contributed by atoms with Crippen molar-refractivity contribution < 1.29 is 10.2 Å². The van der Waals surface area contributed by atoms with Gasteiger partial charge in [-0.3, -0.25) is 4.98 Å². The van der Waals surface area contributed by atoms with E-state index in [4.69, 9.17) is 10.2 Å². The fraction of sp³-hybridized carbons (Fsp3) is 0.278. The Morgan fingerprint density at radius 3 is 2.05 bits per heavy atom. The molecule has 0 aliphatic carbocycles. The van der Waals surface area contributed by atoms with Crippen LogP contribution in [0.2, 0.25) is 0 Å². The smallest absolute Gasteiger partial charge is 0.0606 e. The number of hydrogen-bond donors (Lipinski definition) is 2. The van der Waals surface area contributed by atoms with Crippen LogP contribution in [0.5, 0.6) is 0 Å². The summed E-state index contributed by atoms with van der Waals surface area (Å²) in [5.41, 5.74) is 4.17. The van der Waals surface area contributed by atoms with Crippen molar-refractivity contribution in [1.29, 1.82) is 0 Å². The van der Waals surface area contributed by atoms with Gasteiger partial charge in [0, 0.05) is 30.7 Å². The van der Waals surface area contributed by atoms with Crippen LogP contribution in [-0.2, 0) is 0 Å². The van der Waals surface area contributed by atoms with E-state index in [1.807, 2.05) is 66.6 Å². The molecule has 2 rings (SSSR count). The van der Waals surface area contributed by atoms with Crippen LogP contribution in [0.3, 0.4) is 0 Å². The lowest BCUT2D eigenvalue weighted by Gasteiger charge is -2.22. The molecule has 0 aliphatic rings. The van der Waals surface area contributed by atoms with Crippen molar-refractivity contribution in [3.05, 3.63) is 59.4 Å². The third kappa shape index (κ3) is 4.69. The normalized spacial score (nSPS) is 11.0. The molecule has 0 radical (unpaired) electrons. The number of nitrogens with zero attached hydrogens (tertiary/aromatic N) is 2. The lowest BCUT2D eigenvalue weighted by Crippen LogP contribution is -2.29. The molecular formula is C18H22N2O2. The zero-order valence-electron chi connectivity index (χ0n) is 12.8. The second kappa shape index (κ2) is 8.32. The van der Waals surface area contributed by atoms with E-state index in [-0.39, 0.29) is 13.2 Å². The average Bonchev–Trinajstić information content (AvgIpc) is 2.55. The number of rotatable bonds is 7. The number of anilines is 1. The van der Waals surface area contributed by atoms with Gasteiger partial charge < -0.3 is 15.1 Å². The number of aromatic nitrogens is 1. The molecule has 0 spiro atoms. The van der Waals surface area contributed by atoms with E-state index in [0.29, 0.717) is 13.1 Å². The molecule has 116 valence electrons. The zero-order chi connectivity index (χ0) is 15.8. The van der Waals surface area contributed by atoms with Gasteiger partial charge in [-0.1, -0.05) is 30.4 Å². The van der Waals surface area contributed by atoms with Crippen LogP contribution in [0, 0.1) is 6.92 Å². The van der Waals surface area contributed by atoms with Gasteiger partial charge in [0.2, 0.25) is 0 Å². The highest BCUT2D eigenvalue weighted by Gasteiger charge is 2.04. The summed E-state index contributed by atoms with van der Waals surface area (Å²) in [6.45, 7) is 3.15. The first kappa shape index (κ1) is 16.2. The van der Waals surface area contributed by atoms with Crippen LogP contribution < -0.4 is 4.90 Å². The molecule has 4 heteroatoms. The molecule has 0 saturated heterocycles. The Morgan fingerprint density at radius 2 is 1.50 bits per heavy atom. The maximum Gasteiger partial charge on any atom is 0.0606 e. The number of aliphatic hydroxyl groups excluding tert-OH is 2. The molecule has 0 amide bonds. The molecule has 1 heterocycles.